The van der Waals surface area contributed by atoms with Gasteiger partial charge >= 0.3 is 0 Å². The SMILES string of the molecule is O=C(NCCN1CCc2ccsc2C1c1ccccc1)c1ccc([N+](=O)[O-])cc1. The van der Waals surface area contributed by atoms with Gasteiger partial charge in [0.25, 0.3) is 11.6 Å². The van der Waals surface area contributed by atoms with Crippen molar-refractivity contribution >= 4 is 22.9 Å². The maximum Gasteiger partial charge on any atom is 0.269 e. The number of hydrogen-bond donors (Lipinski definition) is 1. The number of nitro groups is 1. The van der Waals surface area contributed by atoms with E-state index in [2.05, 4.69) is 45.9 Å². The molecule has 29 heavy (non-hydrogen) atoms. The van der Waals surface area contributed by atoms with E-state index < -0.39 is 4.92 Å². The molecule has 1 unspecified atom stereocenters. The van der Waals surface area contributed by atoms with Crippen LogP contribution in [-0.4, -0.2) is 35.4 Å². The van der Waals surface area contributed by atoms with Crippen LogP contribution >= 0.6 is 11.3 Å². The fourth-order valence-electron chi connectivity index (χ4n) is 3.74. The minimum atomic E-state index is -0.472. The van der Waals surface area contributed by atoms with Crippen LogP contribution in [0.4, 0.5) is 5.69 Å². The predicted octanol–water partition coefficient (Wildman–Crippen LogP) is 4.03. The molecule has 0 bridgehead atoms. The molecule has 1 N–H and O–H groups in total. The minimum Gasteiger partial charge on any atom is -0.351 e. The zero-order valence-corrected chi connectivity index (χ0v) is 16.6. The van der Waals surface area contributed by atoms with Crippen molar-refractivity contribution in [2.24, 2.45) is 0 Å². The average Bonchev–Trinajstić information content (AvgIpc) is 3.23. The minimum absolute atomic E-state index is 0.0210. The quantitative estimate of drug-likeness (QED) is 0.494. The Labute approximate surface area is 172 Å². The fourth-order valence-corrected chi connectivity index (χ4v) is 4.86. The van der Waals surface area contributed by atoms with Crippen LogP contribution < -0.4 is 5.32 Å². The van der Waals surface area contributed by atoms with Crippen LogP contribution in [0, 0.1) is 10.1 Å². The highest BCUT2D eigenvalue weighted by Crippen LogP contribution is 2.38. The summed E-state index contributed by atoms with van der Waals surface area (Å²) in [6, 6.07) is 18.5. The molecule has 3 aromatic rings. The van der Waals surface area contributed by atoms with Crippen LogP contribution in [0.5, 0.6) is 0 Å². The third-order valence-corrected chi connectivity index (χ3v) is 6.21. The van der Waals surface area contributed by atoms with Crippen LogP contribution in [0.25, 0.3) is 0 Å². The Bertz CT molecular complexity index is 1000. The molecule has 1 atom stereocenters. The molecule has 2 heterocycles. The maximum atomic E-state index is 12.4. The summed E-state index contributed by atoms with van der Waals surface area (Å²) in [4.78, 5) is 26.4. The number of amides is 1. The van der Waals surface area contributed by atoms with Crippen molar-refractivity contribution in [3.8, 4) is 0 Å². The van der Waals surface area contributed by atoms with E-state index in [4.69, 9.17) is 0 Å². The average molecular weight is 407 g/mol. The number of nitro benzene ring substituents is 1. The predicted molar refractivity (Wildman–Crippen MR) is 113 cm³/mol. The Balaban J connectivity index is 1.42. The van der Waals surface area contributed by atoms with E-state index in [9.17, 15) is 14.9 Å². The normalized spacial score (nSPS) is 16.2. The molecule has 0 radical (unpaired) electrons. The van der Waals surface area contributed by atoms with Crippen LogP contribution in [0.15, 0.2) is 66.0 Å². The summed E-state index contributed by atoms with van der Waals surface area (Å²) >= 11 is 1.79. The van der Waals surface area contributed by atoms with Crippen molar-refractivity contribution in [1.82, 2.24) is 10.2 Å². The third-order valence-electron chi connectivity index (χ3n) is 5.20. The van der Waals surface area contributed by atoms with E-state index in [1.165, 1.54) is 40.3 Å². The van der Waals surface area contributed by atoms with Gasteiger partial charge in [-0.1, -0.05) is 30.3 Å². The molecule has 0 fully saturated rings. The zero-order chi connectivity index (χ0) is 20.2. The summed E-state index contributed by atoms with van der Waals surface area (Å²) in [5.74, 6) is -0.218. The van der Waals surface area contributed by atoms with E-state index >= 15 is 0 Å². The molecular weight excluding hydrogens is 386 g/mol. The van der Waals surface area contributed by atoms with Crippen molar-refractivity contribution in [2.45, 2.75) is 12.5 Å². The number of carbonyl (C=O) groups excluding carboxylic acids is 1. The Morgan fingerprint density at radius 2 is 1.90 bits per heavy atom. The second kappa shape index (κ2) is 8.55. The molecular formula is C22H21N3O3S. The molecule has 1 aliphatic rings. The molecule has 2 aromatic carbocycles. The van der Waals surface area contributed by atoms with Gasteiger partial charge in [-0.25, -0.2) is 0 Å². The van der Waals surface area contributed by atoms with E-state index in [0.717, 1.165) is 19.5 Å². The number of nitrogens with one attached hydrogen (secondary N) is 1. The van der Waals surface area contributed by atoms with Gasteiger partial charge in [-0.15, -0.1) is 11.3 Å². The Kier molecular flexibility index (Phi) is 5.69. The van der Waals surface area contributed by atoms with E-state index in [1.807, 2.05) is 6.07 Å². The molecule has 148 valence electrons. The van der Waals surface area contributed by atoms with Crippen LogP contribution in [0.1, 0.15) is 32.4 Å². The molecule has 1 aliphatic heterocycles. The highest BCUT2D eigenvalue weighted by atomic mass is 32.1. The van der Waals surface area contributed by atoms with Crippen molar-refractivity contribution in [1.29, 1.82) is 0 Å². The monoisotopic (exact) mass is 407 g/mol. The van der Waals surface area contributed by atoms with E-state index in [0.29, 0.717) is 12.1 Å². The van der Waals surface area contributed by atoms with Gasteiger partial charge in [-0.05, 0) is 41.1 Å². The van der Waals surface area contributed by atoms with Crippen molar-refractivity contribution < 1.29 is 9.72 Å². The highest BCUT2D eigenvalue weighted by molar-refractivity contribution is 7.10. The number of thiophene rings is 1. The molecule has 7 heteroatoms. The number of non-ortho nitro benzene ring substituents is 1. The third kappa shape index (κ3) is 4.21. The lowest BCUT2D eigenvalue weighted by atomic mass is 9.95. The molecule has 6 nitrogen and oxygen atoms in total. The first-order chi connectivity index (χ1) is 14.1. The Morgan fingerprint density at radius 1 is 1.14 bits per heavy atom. The van der Waals surface area contributed by atoms with Crippen LogP contribution in [0.3, 0.4) is 0 Å². The number of carbonyl (C=O) groups is 1. The second-order valence-corrected chi connectivity index (χ2v) is 7.92. The van der Waals surface area contributed by atoms with Crippen LogP contribution in [0.2, 0.25) is 0 Å². The van der Waals surface area contributed by atoms with E-state index in [-0.39, 0.29) is 17.6 Å². The first kappa shape index (κ1) is 19.3. The van der Waals surface area contributed by atoms with Crippen molar-refractivity contribution in [3.63, 3.8) is 0 Å². The largest absolute Gasteiger partial charge is 0.351 e. The summed E-state index contributed by atoms with van der Waals surface area (Å²) in [5.41, 5.74) is 3.08. The lowest BCUT2D eigenvalue weighted by Gasteiger charge is -2.36. The molecule has 0 aliphatic carbocycles. The van der Waals surface area contributed by atoms with E-state index in [1.54, 1.807) is 11.3 Å². The fraction of sp³-hybridized carbons (Fsp3) is 0.227. The molecule has 0 saturated carbocycles. The number of nitrogens with zero attached hydrogens (tertiary/aromatic N) is 2. The van der Waals surface area contributed by atoms with Gasteiger partial charge in [0.1, 0.15) is 0 Å². The molecule has 4 rings (SSSR count). The zero-order valence-electron chi connectivity index (χ0n) is 15.8. The van der Waals surface area contributed by atoms with Gasteiger partial charge in [0.05, 0.1) is 11.0 Å². The first-order valence-corrected chi connectivity index (χ1v) is 10.4. The summed E-state index contributed by atoms with van der Waals surface area (Å²) < 4.78 is 0. The standard InChI is InChI=1S/C22H21N3O3S/c26-22(18-6-8-19(9-7-18)25(27)28)23-12-14-24-13-10-17-11-15-29-21(17)20(24)16-4-2-1-3-5-16/h1-9,11,15,20H,10,12-14H2,(H,23,26). The lowest BCUT2D eigenvalue weighted by Crippen LogP contribution is -2.40. The van der Waals surface area contributed by atoms with Gasteiger partial charge in [0, 0.05) is 42.2 Å². The lowest BCUT2D eigenvalue weighted by molar-refractivity contribution is -0.384. The van der Waals surface area contributed by atoms with Crippen molar-refractivity contribution in [3.05, 3.63) is 97.7 Å². The number of benzene rings is 2. The number of rotatable bonds is 6. The molecule has 0 spiro atoms. The molecule has 1 aromatic heterocycles. The number of fused-ring (bicyclic) bond motifs is 1. The summed E-state index contributed by atoms with van der Waals surface area (Å²) in [6.45, 7) is 2.19. The summed E-state index contributed by atoms with van der Waals surface area (Å²) in [7, 11) is 0. The smallest absolute Gasteiger partial charge is 0.269 e. The first-order valence-electron chi connectivity index (χ1n) is 9.51. The second-order valence-electron chi connectivity index (χ2n) is 6.97. The van der Waals surface area contributed by atoms with Gasteiger partial charge < -0.3 is 5.32 Å². The summed E-state index contributed by atoms with van der Waals surface area (Å²) in [5, 5.41) is 15.8. The van der Waals surface area contributed by atoms with Crippen molar-refractivity contribution in [2.75, 3.05) is 19.6 Å². The molecule has 1 amide bonds. The van der Waals surface area contributed by atoms with Crippen LogP contribution in [-0.2, 0) is 6.42 Å². The van der Waals surface area contributed by atoms with Gasteiger partial charge in [-0.3, -0.25) is 19.8 Å². The van der Waals surface area contributed by atoms with Gasteiger partial charge in [0.15, 0.2) is 0 Å². The number of hydrogen-bond acceptors (Lipinski definition) is 5. The Morgan fingerprint density at radius 3 is 2.62 bits per heavy atom. The topological polar surface area (TPSA) is 75.5 Å². The molecule has 0 saturated heterocycles. The maximum absolute atomic E-state index is 12.4. The summed E-state index contributed by atoms with van der Waals surface area (Å²) in [6.07, 6.45) is 1.01. The van der Waals surface area contributed by atoms with Gasteiger partial charge in [0.2, 0.25) is 0 Å². The highest BCUT2D eigenvalue weighted by Gasteiger charge is 2.29. The van der Waals surface area contributed by atoms with Gasteiger partial charge in [-0.2, -0.15) is 0 Å². The Hall–Kier alpha value is -3.03.